The van der Waals surface area contributed by atoms with Gasteiger partial charge < -0.3 is 9.13 Å². The lowest BCUT2D eigenvalue weighted by molar-refractivity contribution is -0.137. The van der Waals surface area contributed by atoms with Crippen LogP contribution in [0.1, 0.15) is 5.56 Å². The zero-order chi connectivity index (χ0) is 47.5. The van der Waals surface area contributed by atoms with Gasteiger partial charge in [0.1, 0.15) is 0 Å². The van der Waals surface area contributed by atoms with Crippen molar-refractivity contribution in [1.29, 1.82) is 0 Å². The molecule has 4 heterocycles. The molecule has 6 nitrogen and oxygen atoms in total. The summed E-state index contributed by atoms with van der Waals surface area (Å²) in [4.78, 5) is 16.8. The number of halogens is 3. The first kappa shape index (κ1) is 41.8. The maximum absolute atomic E-state index is 14.6. The second kappa shape index (κ2) is 16.6. The molecule has 0 amide bonds. The van der Waals surface area contributed by atoms with Gasteiger partial charge in [-0.05, 0) is 112 Å². The van der Waals surface area contributed by atoms with Gasteiger partial charge in [0.25, 0.3) is 0 Å². The average Bonchev–Trinajstić information content (AvgIpc) is 3.92. The molecule has 330 valence electrons. The van der Waals surface area contributed by atoms with Crippen molar-refractivity contribution in [3.05, 3.63) is 241 Å². The molecule has 4 aromatic heterocycles. The second-order valence-corrected chi connectivity index (χ2v) is 17.1. The highest BCUT2D eigenvalue weighted by atomic mass is 19.4. The van der Waals surface area contributed by atoms with E-state index in [0.29, 0.717) is 11.4 Å². The zero-order valence-corrected chi connectivity index (χ0v) is 37.0. The Morgan fingerprint density at radius 1 is 0.386 bits per heavy atom. The molecular formula is C61H35F3N6. The maximum atomic E-state index is 14.6. The number of aromatic nitrogens is 4. The minimum absolute atomic E-state index is 0.114. The molecule has 70 heavy (non-hydrogen) atoms. The smallest absolute Gasteiger partial charge is 0.308 e. The van der Waals surface area contributed by atoms with E-state index in [1.54, 1.807) is 6.07 Å². The molecule has 0 aliphatic heterocycles. The topological polar surface area (TPSA) is 44.4 Å². The summed E-state index contributed by atoms with van der Waals surface area (Å²) >= 11 is 0. The van der Waals surface area contributed by atoms with Crippen molar-refractivity contribution >= 4 is 55.0 Å². The van der Waals surface area contributed by atoms with Crippen molar-refractivity contribution in [3.8, 4) is 67.3 Å². The first-order valence-corrected chi connectivity index (χ1v) is 22.5. The minimum Gasteiger partial charge on any atom is -0.308 e. The van der Waals surface area contributed by atoms with Crippen LogP contribution in [0.4, 0.5) is 24.5 Å². The van der Waals surface area contributed by atoms with Gasteiger partial charge in [0.15, 0.2) is 11.4 Å². The zero-order valence-electron chi connectivity index (χ0n) is 37.0. The molecule has 0 bridgehead atoms. The van der Waals surface area contributed by atoms with E-state index in [-0.39, 0.29) is 22.5 Å². The van der Waals surface area contributed by atoms with Crippen molar-refractivity contribution in [2.75, 3.05) is 0 Å². The summed E-state index contributed by atoms with van der Waals surface area (Å²) in [6.07, 6.45) is -1.11. The highest BCUT2D eigenvalue weighted by Crippen LogP contribution is 2.46. The van der Waals surface area contributed by atoms with Crippen LogP contribution in [-0.2, 0) is 6.18 Å². The summed E-state index contributed by atoms with van der Waals surface area (Å²) in [6, 6.07) is 64.0. The molecule has 0 N–H and O–H groups in total. The van der Waals surface area contributed by atoms with Gasteiger partial charge in [-0.1, -0.05) is 121 Å². The van der Waals surface area contributed by atoms with Crippen LogP contribution in [0, 0.1) is 13.1 Å². The summed E-state index contributed by atoms with van der Waals surface area (Å²) in [5.74, 6) is 0. The standard InChI is InChI=1S/C61H35F3N6/c1-65-46-30-44(29-45(35-46)61(62,63)64)51-36-59(69-55-19-11-9-17-47(55)49-23-21-40(33-57(49)69)42-25-27-67-52(31-42)38-13-5-3-6-14-38)60(37-54(51)66-2)70-56-20-12-10-18-48(56)50-24-22-41(34-58(50)70)43-26-28-68-53(32-43)39-15-7-4-8-16-39/h3-37H. The quantitative estimate of drug-likeness (QED) is 0.150. The molecule has 9 heteroatoms. The Hall–Kier alpha value is -9.57. The Morgan fingerprint density at radius 2 is 0.857 bits per heavy atom. The van der Waals surface area contributed by atoms with Crippen LogP contribution in [0.5, 0.6) is 0 Å². The van der Waals surface area contributed by atoms with E-state index >= 15 is 0 Å². The summed E-state index contributed by atoms with van der Waals surface area (Å²) < 4.78 is 48.0. The third kappa shape index (κ3) is 7.13. The van der Waals surface area contributed by atoms with Crippen LogP contribution in [0.15, 0.2) is 213 Å². The van der Waals surface area contributed by atoms with Gasteiger partial charge in [-0.2, -0.15) is 13.2 Å². The van der Waals surface area contributed by atoms with Crippen LogP contribution in [0.3, 0.4) is 0 Å². The van der Waals surface area contributed by atoms with Crippen LogP contribution in [-0.4, -0.2) is 19.1 Å². The lowest BCUT2D eigenvalue weighted by Gasteiger charge is -2.20. The van der Waals surface area contributed by atoms with Crippen molar-refractivity contribution in [3.63, 3.8) is 0 Å². The molecule has 0 fully saturated rings. The summed E-state index contributed by atoms with van der Waals surface area (Å²) in [7, 11) is 0. The predicted molar refractivity (Wildman–Crippen MR) is 275 cm³/mol. The molecule has 0 aliphatic carbocycles. The van der Waals surface area contributed by atoms with Crippen molar-refractivity contribution in [2.45, 2.75) is 6.18 Å². The summed E-state index contributed by atoms with van der Waals surface area (Å²) in [5, 5.41) is 3.90. The van der Waals surface area contributed by atoms with E-state index in [1.807, 2.05) is 122 Å². The van der Waals surface area contributed by atoms with Gasteiger partial charge in [0.05, 0.1) is 58.0 Å². The molecule has 0 atom stereocenters. The normalized spacial score (nSPS) is 11.6. The number of rotatable bonds is 7. The molecule has 0 saturated heterocycles. The Balaban J connectivity index is 1.17. The van der Waals surface area contributed by atoms with Gasteiger partial charge in [-0.15, -0.1) is 0 Å². The van der Waals surface area contributed by atoms with Gasteiger partial charge in [0, 0.05) is 50.6 Å². The fourth-order valence-corrected chi connectivity index (χ4v) is 9.82. The molecule has 8 aromatic carbocycles. The lowest BCUT2D eigenvalue weighted by atomic mass is 9.98. The van der Waals surface area contributed by atoms with Crippen molar-refractivity contribution in [2.24, 2.45) is 0 Å². The van der Waals surface area contributed by atoms with E-state index in [2.05, 4.69) is 85.6 Å². The molecule has 0 spiro atoms. The Labute approximate surface area is 400 Å². The van der Waals surface area contributed by atoms with Crippen molar-refractivity contribution in [1.82, 2.24) is 19.1 Å². The van der Waals surface area contributed by atoms with Gasteiger partial charge in [-0.25, -0.2) is 9.69 Å². The number of benzene rings is 8. The first-order valence-electron chi connectivity index (χ1n) is 22.5. The lowest BCUT2D eigenvalue weighted by Crippen LogP contribution is -2.06. The number of pyridine rings is 2. The Kier molecular flexibility index (Phi) is 9.94. The fourth-order valence-electron chi connectivity index (χ4n) is 9.82. The third-order valence-corrected chi connectivity index (χ3v) is 13.1. The largest absolute Gasteiger partial charge is 0.415 e. The van der Waals surface area contributed by atoms with E-state index in [9.17, 15) is 13.2 Å². The average molecular weight is 909 g/mol. The summed E-state index contributed by atoms with van der Waals surface area (Å²) in [6.45, 7) is 16.4. The Morgan fingerprint density at radius 3 is 1.36 bits per heavy atom. The molecule has 12 rings (SSSR count). The fraction of sp³-hybridized carbons (Fsp3) is 0.0164. The van der Waals surface area contributed by atoms with Gasteiger partial charge in [0.2, 0.25) is 0 Å². The number of hydrogen-bond donors (Lipinski definition) is 0. The van der Waals surface area contributed by atoms with Crippen LogP contribution < -0.4 is 0 Å². The number of alkyl halides is 3. The third-order valence-electron chi connectivity index (χ3n) is 13.1. The molecule has 0 unspecified atom stereocenters. The minimum atomic E-state index is -4.73. The number of hydrogen-bond acceptors (Lipinski definition) is 2. The maximum Gasteiger partial charge on any atom is 0.415 e. The first-order chi connectivity index (χ1) is 34.2. The monoisotopic (exact) mass is 908 g/mol. The number of nitrogens with zero attached hydrogens (tertiary/aromatic N) is 6. The van der Waals surface area contributed by atoms with E-state index < -0.39 is 11.7 Å². The van der Waals surface area contributed by atoms with Crippen molar-refractivity contribution < 1.29 is 13.2 Å². The highest BCUT2D eigenvalue weighted by molar-refractivity contribution is 6.13. The van der Waals surface area contributed by atoms with Crippen LogP contribution in [0.2, 0.25) is 0 Å². The highest BCUT2D eigenvalue weighted by Gasteiger charge is 2.32. The number of para-hydroxylation sites is 2. The van der Waals surface area contributed by atoms with E-state index in [4.69, 9.17) is 23.1 Å². The van der Waals surface area contributed by atoms with Gasteiger partial charge >= 0.3 is 6.18 Å². The van der Waals surface area contributed by atoms with Gasteiger partial charge in [-0.3, -0.25) is 9.97 Å². The number of fused-ring (bicyclic) bond motifs is 6. The SMILES string of the molecule is [C-]#[N+]c1cc(-c2cc(-n3c4ccccc4c4ccc(-c5ccnc(-c6ccccc6)c5)cc43)c(-n3c4ccccc4c4ccc(-c5ccnc(-c6ccccc6)c5)cc43)cc2[N+]#[C-])cc(C(F)(F)F)c1. The van der Waals surface area contributed by atoms with Crippen LogP contribution >= 0.6 is 0 Å². The second-order valence-electron chi connectivity index (χ2n) is 17.1. The molecule has 0 aliphatic rings. The molecule has 12 aromatic rings. The summed E-state index contributed by atoms with van der Waals surface area (Å²) in [5.41, 5.74) is 11.5. The molecule has 0 radical (unpaired) electrons. The predicted octanol–water partition coefficient (Wildman–Crippen LogP) is 17.1. The molecular weight excluding hydrogens is 874 g/mol. The Bertz CT molecular complexity index is 4140. The van der Waals surface area contributed by atoms with E-state index in [1.165, 1.54) is 6.07 Å². The molecule has 0 saturated carbocycles. The van der Waals surface area contributed by atoms with E-state index in [0.717, 1.165) is 101 Å². The van der Waals surface area contributed by atoms with Crippen LogP contribution in [0.25, 0.3) is 121 Å².